The second-order valence-corrected chi connectivity index (χ2v) is 5.36. The van der Waals surface area contributed by atoms with Crippen molar-refractivity contribution in [1.82, 2.24) is 24.7 Å². The Morgan fingerprint density at radius 2 is 2.15 bits per heavy atom. The van der Waals surface area contributed by atoms with Crippen molar-refractivity contribution in [2.24, 2.45) is 0 Å². The summed E-state index contributed by atoms with van der Waals surface area (Å²) in [6, 6.07) is 6.13. The topological polar surface area (TPSA) is 55.1 Å². The zero-order valence-corrected chi connectivity index (χ0v) is 12.6. The Hall–Kier alpha value is -1.79. The molecule has 0 spiro atoms. The van der Waals surface area contributed by atoms with E-state index in [0.29, 0.717) is 0 Å². The molecule has 1 atom stereocenters. The van der Waals surface area contributed by atoms with Crippen molar-refractivity contribution in [3.63, 3.8) is 0 Å². The van der Waals surface area contributed by atoms with Gasteiger partial charge < -0.3 is 5.32 Å². The Morgan fingerprint density at radius 3 is 2.95 bits per heavy atom. The molecule has 0 saturated carbocycles. The average Bonchev–Trinajstić information content (AvgIpc) is 2.88. The van der Waals surface area contributed by atoms with Crippen molar-refractivity contribution in [1.29, 1.82) is 0 Å². The number of nitrogens with one attached hydrogen (secondary N) is 1. The van der Waals surface area contributed by atoms with E-state index in [1.807, 2.05) is 41.2 Å². The van der Waals surface area contributed by atoms with Gasteiger partial charge in [-0.2, -0.15) is 0 Å². The molecule has 0 amide bonds. The van der Waals surface area contributed by atoms with Crippen LogP contribution in [0.1, 0.15) is 24.4 Å². The SMILES string of the molecule is C[C@H](NCc1cnc2cnc(Br)cn12)c1ccccn1. The molecule has 20 heavy (non-hydrogen) atoms. The van der Waals surface area contributed by atoms with Gasteiger partial charge in [-0.25, -0.2) is 9.97 Å². The quantitative estimate of drug-likeness (QED) is 0.798. The van der Waals surface area contributed by atoms with Crippen molar-refractivity contribution < 1.29 is 0 Å². The first-order valence-electron chi connectivity index (χ1n) is 6.36. The van der Waals surface area contributed by atoms with E-state index >= 15 is 0 Å². The van der Waals surface area contributed by atoms with Crippen LogP contribution in [0.3, 0.4) is 0 Å². The fraction of sp³-hybridized carbons (Fsp3) is 0.214. The van der Waals surface area contributed by atoms with E-state index in [1.165, 1.54) is 0 Å². The van der Waals surface area contributed by atoms with E-state index in [1.54, 1.807) is 6.20 Å². The van der Waals surface area contributed by atoms with E-state index in [4.69, 9.17) is 0 Å². The zero-order chi connectivity index (χ0) is 13.9. The van der Waals surface area contributed by atoms with Gasteiger partial charge in [-0.3, -0.25) is 9.38 Å². The molecule has 0 saturated heterocycles. The molecule has 102 valence electrons. The predicted molar refractivity (Wildman–Crippen MR) is 80.2 cm³/mol. The minimum atomic E-state index is 0.187. The van der Waals surface area contributed by atoms with Crippen molar-refractivity contribution >= 4 is 21.6 Å². The van der Waals surface area contributed by atoms with Crippen molar-refractivity contribution in [3.05, 3.63) is 59.0 Å². The molecule has 0 fully saturated rings. The highest BCUT2D eigenvalue weighted by Gasteiger charge is 2.08. The Labute approximate surface area is 125 Å². The molecule has 0 bridgehead atoms. The lowest BCUT2D eigenvalue weighted by atomic mass is 10.2. The summed E-state index contributed by atoms with van der Waals surface area (Å²) in [7, 11) is 0. The summed E-state index contributed by atoms with van der Waals surface area (Å²) < 4.78 is 2.82. The van der Waals surface area contributed by atoms with Crippen LogP contribution in [0.4, 0.5) is 0 Å². The van der Waals surface area contributed by atoms with Crippen LogP contribution in [0.15, 0.2) is 47.6 Å². The summed E-state index contributed by atoms with van der Waals surface area (Å²) in [5.41, 5.74) is 2.96. The highest BCUT2D eigenvalue weighted by atomic mass is 79.9. The van der Waals surface area contributed by atoms with E-state index in [9.17, 15) is 0 Å². The molecule has 0 aromatic carbocycles. The lowest BCUT2D eigenvalue weighted by Crippen LogP contribution is -2.19. The Morgan fingerprint density at radius 1 is 1.25 bits per heavy atom. The molecule has 0 aliphatic heterocycles. The number of hydrogen-bond donors (Lipinski definition) is 1. The largest absolute Gasteiger partial charge is 0.303 e. The van der Waals surface area contributed by atoms with Gasteiger partial charge in [0.25, 0.3) is 0 Å². The molecule has 3 heterocycles. The van der Waals surface area contributed by atoms with Gasteiger partial charge in [-0.1, -0.05) is 6.07 Å². The summed E-state index contributed by atoms with van der Waals surface area (Å²) in [6.45, 7) is 2.82. The smallest absolute Gasteiger partial charge is 0.155 e. The minimum Gasteiger partial charge on any atom is -0.303 e. The molecule has 0 aliphatic carbocycles. The van der Waals surface area contributed by atoms with Gasteiger partial charge in [-0.05, 0) is 35.0 Å². The maximum Gasteiger partial charge on any atom is 0.155 e. The number of imidazole rings is 1. The first-order valence-corrected chi connectivity index (χ1v) is 7.15. The lowest BCUT2D eigenvalue weighted by molar-refractivity contribution is 0.553. The molecule has 6 heteroatoms. The van der Waals surface area contributed by atoms with Gasteiger partial charge >= 0.3 is 0 Å². The normalized spacial score (nSPS) is 12.7. The highest BCUT2D eigenvalue weighted by molar-refractivity contribution is 9.10. The minimum absolute atomic E-state index is 0.187. The third-order valence-electron chi connectivity index (χ3n) is 3.16. The predicted octanol–water partition coefficient (Wildman–Crippen LogP) is 2.74. The molecule has 0 unspecified atom stereocenters. The summed E-state index contributed by atoms with van der Waals surface area (Å²) in [4.78, 5) is 12.9. The van der Waals surface area contributed by atoms with Crippen LogP contribution in [0.5, 0.6) is 0 Å². The molecule has 3 rings (SSSR count). The first kappa shape index (κ1) is 13.2. The molecule has 0 radical (unpaired) electrons. The maximum absolute atomic E-state index is 4.35. The highest BCUT2D eigenvalue weighted by Crippen LogP contribution is 2.13. The molecular weight excluding hydrogens is 318 g/mol. The summed E-state index contributed by atoms with van der Waals surface area (Å²) in [6.07, 6.45) is 7.34. The second kappa shape index (κ2) is 5.68. The van der Waals surface area contributed by atoms with Crippen molar-refractivity contribution in [2.45, 2.75) is 19.5 Å². The second-order valence-electron chi connectivity index (χ2n) is 4.54. The molecule has 3 aromatic rings. The molecule has 3 aromatic heterocycles. The Bertz CT molecular complexity index is 710. The number of halogens is 1. The Kier molecular flexibility index (Phi) is 3.75. The molecular formula is C14H14BrN5. The van der Waals surface area contributed by atoms with Gasteiger partial charge in [0.15, 0.2) is 5.65 Å². The van der Waals surface area contributed by atoms with E-state index < -0.39 is 0 Å². The molecule has 5 nitrogen and oxygen atoms in total. The fourth-order valence-electron chi connectivity index (χ4n) is 2.04. The average molecular weight is 332 g/mol. The number of rotatable bonds is 4. The van der Waals surface area contributed by atoms with Gasteiger partial charge in [-0.15, -0.1) is 0 Å². The van der Waals surface area contributed by atoms with E-state index in [2.05, 4.69) is 43.1 Å². The van der Waals surface area contributed by atoms with Crippen LogP contribution >= 0.6 is 15.9 Å². The first-order chi connectivity index (χ1) is 9.74. The number of nitrogens with zero attached hydrogens (tertiary/aromatic N) is 4. The molecule has 1 N–H and O–H groups in total. The summed E-state index contributed by atoms with van der Waals surface area (Å²) in [5, 5.41) is 3.45. The Balaban J connectivity index is 1.75. The maximum atomic E-state index is 4.35. The molecule has 0 aliphatic rings. The number of aromatic nitrogens is 4. The van der Waals surface area contributed by atoms with Crippen molar-refractivity contribution in [3.8, 4) is 0 Å². The van der Waals surface area contributed by atoms with Gasteiger partial charge in [0.1, 0.15) is 4.60 Å². The van der Waals surface area contributed by atoms with Gasteiger partial charge in [0.2, 0.25) is 0 Å². The van der Waals surface area contributed by atoms with E-state index in [0.717, 1.165) is 28.2 Å². The lowest BCUT2D eigenvalue weighted by Gasteiger charge is -2.12. The fourth-order valence-corrected chi connectivity index (χ4v) is 2.35. The van der Waals surface area contributed by atoms with Crippen LogP contribution in [0, 0.1) is 0 Å². The van der Waals surface area contributed by atoms with Crippen LogP contribution in [0.2, 0.25) is 0 Å². The number of fused-ring (bicyclic) bond motifs is 1. The zero-order valence-electron chi connectivity index (χ0n) is 11.0. The van der Waals surface area contributed by atoms with Crippen molar-refractivity contribution in [2.75, 3.05) is 0 Å². The third-order valence-corrected chi connectivity index (χ3v) is 3.57. The number of hydrogen-bond acceptors (Lipinski definition) is 4. The van der Waals surface area contributed by atoms with Crippen LogP contribution in [-0.4, -0.2) is 19.4 Å². The third kappa shape index (κ3) is 2.71. The summed E-state index contributed by atoms with van der Waals surface area (Å²) >= 11 is 3.38. The standard InChI is InChI=1S/C14H14BrN5/c1-10(12-4-2-3-5-16-12)17-6-11-7-19-14-8-18-13(15)9-20(11)14/h2-5,7-10,17H,6H2,1H3/t10-/m0/s1. The van der Waals surface area contributed by atoms with Gasteiger partial charge in [0.05, 0.1) is 23.8 Å². The van der Waals surface area contributed by atoms with Crippen LogP contribution < -0.4 is 5.32 Å². The monoisotopic (exact) mass is 331 g/mol. The number of pyridine rings is 1. The van der Waals surface area contributed by atoms with Gasteiger partial charge in [0, 0.05) is 25.0 Å². The van der Waals surface area contributed by atoms with E-state index in [-0.39, 0.29) is 6.04 Å². The van der Waals surface area contributed by atoms with Crippen LogP contribution in [-0.2, 0) is 6.54 Å². The summed E-state index contributed by atoms with van der Waals surface area (Å²) in [5.74, 6) is 0. The van der Waals surface area contributed by atoms with Crippen LogP contribution in [0.25, 0.3) is 5.65 Å².